The number of hydrogen-bond donors (Lipinski definition) is 1. The zero-order chi connectivity index (χ0) is 12.3. The van der Waals surface area contributed by atoms with Gasteiger partial charge in [-0.25, -0.2) is 0 Å². The third-order valence-corrected chi connectivity index (χ3v) is 3.11. The zero-order valence-corrected chi connectivity index (χ0v) is 11.6. The van der Waals surface area contributed by atoms with Gasteiger partial charge in [0.1, 0.15) is 0 Å². The van der Waals surface area contributed by atoms with Gasteiger partial charge in [-0.2, -0.15) is 0 Å². The van der Waals surface area contributed by atoms with Crippen LogP contribution in [0.3, 0.4) is 0 Å². The van der Waals surface area contributed by atoms with Crippen LogP contribution in [-0.2, 0) is 11.2 Å². The van der Waals surface area contributed by atoms with Crippen molar-refractivity contribution in [2.24, 2.45) is 0 Å². The highest BCUT2D eigenvalue weighted by atomic mass is 35.5. The van der Waals surface area contributed by atoms with Crippen LogP contribution >= 0.6 is 12.4 Å². The minimum Gasteiger partial charge on any atom is -0.399 e. The summed E-state index contributed by atoms with van der Waals surface area (Å²) >= 11 is 0. The first-order chi connectivity index (χ1) is 8.20. The Morgan fingerprint density at radius 3 is 2.44 bits per heavy atom. The molecule has 0 aromatic heterocycles. The zero-order valence-electron chi connectivity index (χ0n) is 10.8. The van der Waals surface area contributed by atoms with Crippen molar-refractivity contribution in [1.29, 1.82) is 0 Å². The number of nitrogens with two attached hydrogens (primary N) is 1. The van der Waals surface area contributed by atoms with E-state index in [0.29, 0.717) is 12.5 Å². The minimum atomic E-state index is 0. The van der Waals surface area contributed by atoms with Gasteiger partial charge in [-0.1, -0.05) is 19.1 Å². The van der Waals surface area contributed by atoms with Gasteiger partial charge >= 0.3 is 0 Å². The molecule has 1 amide bonds. The van der Waals surface area contributed by atoms with Crippen LogP contribution in [0.2, 0.25) is 0 Å². The molecule has 1 aliphatic carbocycles. The first-order valence-corrected chi connectivity index (χ1v) is 6.34. The lowest BCUT2D eigenvalue weighted by Gasteiger charge is -2.21. The number of benzene rings is 1. The van der Waals surface area contributed by atoms with E-state index in [0.717, 1.165) is 24.2 Å². The van der Waals surface area contributed by atoms with Crippen molar-refractivity contribution < 1.29 is 4.79 Å². The van der Waals surface area contributed by atoms with Crippen LogP contribution in [0.25, 0.3) is 0 Å². The van der Waals surface area contributed by atoms with E-state index in [2.05, 4.69) is 6.92 Å². The Kier molecular flexibility index (Phi) is 5.48. The first kappa shape index (κ1) is 14.8. The second-order valence-electron chi connectivity index (χ2n) is 4.74. The van der Waals surface area contributed by atoms with Crippen molar-refractivity contribution >= 4 is 24.0 Å². The summed E-state index contributed by atoms with van der Waals surface area (Å²) in [5, 5.41) is 0. The fourth-order valence-electron chi connectivity index (χ4n) is 2.05. The third-order valence-electron chi connectivity index (χ3n) is 3.11. The van der Waals surface area contributed by atoms with Crippen molar-refractivity contribution in [2.75, 3.05) is 12.3 Å². The van der Waals surface area contributed by atoms with E-state index in [4.69, 9.17) is 5.73 Å². The van der Waals surface area contributed by atoms with Gasteiger partial charge < -0.3 is 10.6 Å². The maximum Gasteiger partial charge on any atom is 0.227 e. The number of carbonyl (C=O) groups is 1. The maximum atomic E-state index is 12.2. The molecule has 1 fully saturated rings. The molecule has 0 radical (unpaired) electrons. The summed E-state index contributed by atoms with van der Waals surface area (Å²) in [5.41, 5.74) is 7.42. The second-order valence-corrected chi connectivity index (χ2v) is 4.74. The quantitative estimate of drug-likeness (QED) is 0.835. The number of anilines is 1. The van der Waals surface area contributed by atoms with Crippen LogP contribution in [0.5, 0.6) is 0 Å². The molecule has 1 aliphatic rings. The third kappa shape index (κ3) is 3.91. The molecule has 2 rings (SSSR count). The van der Waals surface area contributed by atoms with Gasteiger partial charge in [0.2, 0.25) is 5.91 Å². The molecule has 1 aromatic rings. The van der Waals surface area contributed by atoms with Crippen LogP contribution in [0, 0.1) is 0 Å². The van der Waals surface area contributed by atoms with Gasteiger partial charge in [-0.15, -0.1) is 12.4 Å². The molecule has 0 unspecified atom stereocenters. The Balaban J connectivity index is 0.00000162. The van der Waals surface area contributed by atoms with Crippen LogP contribution in [0.1, 0.15) is 31.7 Å². The number of rotatable bonds is 5. The number of halogens is 1. The fourth-order valence-corrected chi connectivity index (χ4v) is 2.05. The van der Waals surface area contributed by atoms with E-state index in [-0.39, 0.29) is 18.3 Å². The molecule has 0 atom stereocenters. The van der Waals surface area contributed by atoms with Gasteiger partial charge in [-0.05, 0) is 37.0 Å². The predicted octanol–water partition coefficient (Wildman–Crippen LogP) is 2.63. The molecular weight excluding hydrogens is 248 g/mol. The highest BCUT2D eigenvalue weighted by Crippen LogP contribution is 2.27. The SMILES string of the molecule is CCCN(C(=O)Cc1ccc(N)cc1)C1CC1.Cl. The Morgan fingerprint density at radius 2 is 1.94 bits per heavy atom. The maximum absolute atomic E-state index is 12.2. The number of nitrogen functional groups attached to an aromatic ring is 1. The van der Waals surface area contributed by atoms with Crippen LogP contribution in [0.15, 0.2) is 24.3 Å². The predicted molar refractivity (Wildman–Crippen MR) is 76.8 cm³/mol. The molecule has 4 heteroatoms. The van der Waals surface area contributed by atoms with E-state index in [1.165, 1.54) is 12.8 Å². The second kappa shape index (κ2) is 6.64. The average Bonchev–Trinajstić information content (AvgIpc) is 3.13. The summed E-state index contributed by atoms with van der Waals surface area (Å²) in [6.45, 7) is 3.00. The Hall–Kier alpha value is -1.22. The average molecular weight is 269 g/mol. The molecule has 0 bridgehead atoms. The van der Waals surface area contributed by atoms with E-state index in [1.54, 1.807) is 0 Å². The molecule has 1 aromatic carbocycles. The summed E-state index contributed by atoms with van der Waals surface area (Å²) in [6.07, 6.45) is 3.88. The Bertz CT molecular complexity index is 387. The summed E-state index contributed by atoms with van der Waals surface area (Å²) in [4.78, 5) is 14.2. The molecule has 0 spiro atoms. The van der Waals surface area contributed by atoms with Crippen molar-refractivity contribution in [2.45, 2.75) is 38.6 Å². The topological polar surface area (TPSA) is 46.3 Å². The molecule has 1 saturated carbocycles. The molecule has 18 heavy (non-hydrogen) atoms. The normalized spacial score (nSPS) is 13.8. The molecule has 3 nitrogen and oxygen atoms in total. The monoisotopic (exact) mass is 268 g/mol. The summed E-state index contributed by atoms with van der Waals surface area (Å²) in [6, 6.07) is 8.08. The van der Waals surface area contributed by atoms with E-state index < -0.39 is 0 Å². The van der Waals surface area contributed by atoms with Crippen molar-refractivity contribution in [3.63, 3.8) is 0 Å². The van der Waals surface area contributed by atoms with Gasteiger partial charge in [0, 0.05) is 18.3 Å². The van der Waals surface area contributed by atoms with Gasteiger partial charge in [0.25, 0.3) is 0 Å². The van der Waals surface area contributed by atoms with Crippen LogP contribution < -0.4 is 5.73 Å². The summed E-state index contributed by atoms with van der Waals surface area (Å²) in [7, 11) is 0. The Morgan fingerprint density at radius 1 is 1.33 bits per heavy atom. The van der Waals surface area contributed by atoms with Gasteiger partial charge in [0.15, 0.2) is 0 Å². The van der Waals surface area contributed by atoms with Crippen molar-refractivity contribution in [1.82, 2.24) is 4.90 Å². The minimum absolute atomic E-state index is 0. The fraction of sp³-hybridized carbons (Fsp3) is 0.500. The van der Waals surface area contributed by atoms with Crippen molar-refractivity contribution in [3.05, 3.63) is 29.8 Å². The smallest absolute Gasteiger partial charge is 0.227 e. The van der Waals surface area contributed by atoms with Gasteiger partial charge in [0.05, 0.1) is 6.42 Å². The first-order valence-electron chi connectivity index (χ1n) is 6.34. The highest BCUT2D eigenvalue weighted by molar-refractivity contribution is 5.85. The van der Waals surface area contributed by atoms with E-state index in [9.17, 15) is 4.79 Å². The number of amides is 1. The van der Waals surface area contributed by atoms with Gasteiger partial charge in [-0.3, -0.25) is 4.79 Å². The lowest BCUT2D eigenvalue weighted by molar-refractivity contribution is -0.131. The number of nitrogens with zero attached hydrogens (tertiary/aromatic N) is 1. The summed E-state index contributed by atoms with van der Waals surface area (Å²) in [5.74, 6) is 0.249. The molecule has 100 valence electrons. The molecule has 2 N–H and O–H groups in total. The summed E-state index contributed by atoms with van der Waals surface area (Å²) < 4.78 is 0. The molecule has 0 aliphatic heterocycles. The highest BCUT2D eigenvalue weighted by Gasteiger charge is 2.31. The van der Waals surface area contributed by atoms with Crippen LogP contribution in [-0.4, -0.2) is 23.4 Å². The van der Waals surface area contributed by atoms with E-state index >= 15 is 0 Å². The lowest BCUT2D eigenvalue weighted by atomic mass is 10.1. The largest absolute Gasteiger partial charge is 0.399 e. The molecule has 0 saturated heterocycles. The lowest BCUT2D eigenvalue weighted by Crippen LogP contribution is -2.34. The number of carbonyl (C=O) groups excluding carboxylic acids is 1. The number of hydrogen-bond acceptors (Lipinski definition) is 2. The van der Waals surface area contributed by atoms with Crippen LogP contribution in [0.4, 0.5) is 5.69 Å². The molecule has 0 heterocycles. The van der Waals surface area contributed by atoms with Crippen molar-refractivity contribution in [3.8, 4) is 0 Å². The standard InChI is InChI=1S/C14H20N2O.ClH/c1-2-9-16(13-7-8-13)14(17)10-11-3-5-12(15)6-4-11;/h3-6,13H,2,7-10,15H2,1H3;1H. The molecular formula is C14H21ClN2O. The Labute approximate surface area is 115 Å². The van der Waals surface area contributed by atoms with E-state index in [1.807, 2.05) is 29.2 Å².